The van der Waals surface area contributed by atoms with Crippen molar-refractivity contribution in [1.29, 1.82) is 0 Å². The molecule has 8 heteroatoms. The average molecular weight is 259 g/mol. The number of rotatable bonds is 2. The van der Waals surface area contributed by atoms with Crippen molar-refractivity contribution in [3.05, 3.63) is 23.2 Å². The van der Waals surface area contributed by atoms with Crippen LogP contribution in [-0.2, 0) is 19.3 Å². The molecule has 1 heterocycles. The lowest BCUT2D eigenvalue weighted by Crippen LogP contribution is -2.49. The molecule has 1 aliphatic rings. The van der Waals surface area contributed by atoms with Crippen LogP contribution in [0.25, 0.3) is 0 Å². The van der Waals surface area contributed by atoms with Crippen LogP contribution in [-0.4, -0.2) is 19.0 Å². The summed E-state index contributed by atoms with van der Waals surface area (Å²) in [5, 5.41) is 1.24. The molecule has 0 atom stereocenters. The smallest absolute Gasteiger partial charge is 0.444 e. The molecule has 1 fully saturated rings. The van der Waals surface area contributed by atoms with Crippen LogP contribution < -0.4 is 15.5 Å². The van der Waals surface area contributed by atoms with E-state index >= 15 is 0 Å². The molecule has 2 rings (SSSR count). The summed E-state index contributed by atoms with van der Waals surface area (Å²) in [5.74, 6) is -1.90. The highest BCUT2D eigenvalue weighted by molar-refractivity contribution is 6.31. The zero-order valence-electron chi connectivity index (χ0n) is 8.60. The number of methoxy groups -OCH3 is 1. The summed E-state index contributed by atoms with van der Waals surface area (Å²) >= 11 is 5.80. The van der Waals surface area contributed by atoms with Crippen LogP contribution in [0.4, 0.5) is 5.69 Å². The molecule has 0 spiro atoms. The number of halogens is 1. The van der Waals surface area contributed by atoms with Gasteiger partial charge in [-0.25, -0.2) is 9.59 Å². The molecule has 90 valence electrons. The predicted molar refractivity (Wildman–Crippen MR) is 55.8 cm³/mol. The molecule has 7 nitrogen and oxygen atoms in total. The van der Waals surface area contributed by atoms with Crippen molar-refractivity contribution in [1.82, 2.24) is 5.59 Å². The first-order chi connectivity index (χ1) is 8.11. The molecule has 0 aliphatic carbocycles. The van der Waals surface area contributed by atoms with Gasteiger partial charge in [-0.1, -0.05) is 16.8 Å². The number of nitrogens with zero attached hydrogens (tertiary/aromatic N) is 1. The van der Waals surface area contributed by atoms with E-state index in [9.17, 15) is 9.59 Å². The fraction of sp³-hybridized carbons (Fsp3) is 0.111. The van der Waals surface area contributed by atoms with Crippen LogP contribution in [0.3, 0.4) is 0 Å². The molecule has 1 aromatic rings. The quantitative estimate of drug-likeness (QED) is 0.778. The van der Waals surface area contributed by atoms with E-state index in [0.717, 1.165) is 5.17 Å². The van der Waals surface area contributed by atoms with Gasteiger partial charge in [0.2, 0.25) is 0 Å². The monoisotopic (exact) mass is 258 g/mol. The SMILES string of the molecule is COc1ccc(Cl)cc1N1NOC(=O)C(=O)O1. The van der Waals surface area contributed by atoms with Crippen molar-refractivity contribution in [2.75, 3.05) is 12.3 Å². The maximum absolute atomic E-state index is 11.0. The first-order valence-electron chi connectivity index (χ1n) is 4.44. The summed E-state index contributed by atoms with van der Waals surface area (Å²) < 4.78 is 5.04. The zero-order chi connectivity index (χ0) is 12.4. The molecule has 0 aromatic heterocycles. The fourth-order valence-corrected chi connectivity index (χ4v) is 1.35. The van der Waals surface area contributed by atoms with Crippen molar-refractivity contribution in [3.8, 4) is 5.75 Å². The first-order valence-corrected chi connectivity index (χ1v) is 4.82. The van der Waals surface area contributed by atoms with Gasteiger partial charge < -0.3 is 14.4 Å². The molecule has 0 amide bonds. The largest absolute Gasteiger partial charge is 0.494 e. The van der Waals surface area contributed by atoms with Crippen molar-refractivity contribution < 1.29 is 24.0 Å². The third-order valence-corrected chi connectivity index (χ3v) is 2.16. The Balaban J connectivity index is 2.30. The van der Waals surface area contributed by atoms with Crippen LogP contribution in [0.2, 0.25) is 5.02 Å². The number of hydrogen-bond donors (Lipinski definition) is 1. The minimum absolute atomic E-state index is 0.292. The van der Waals surface area contributed by atoms with E-state index in [-0.39, 0.29) is 0 Å². The summed E-state index contributed by atoms with van der Waals surface area (Å²) in [7, 11) is 1.44. The van der Waals surface area contributed by atoms with E-state index in [1.54, 1.807) is 12.1 Å². The Labute approximate surface area is 101 Å². The highest BCUT2D eigenvalue weighted by Gasteiger charge is 2.30. The molecule has 0 bridgehead atoms. The van der Waals surface area contributed by atoms with E-state index < -0.39 is 11.9 Å². The normalized spacial score (nSPS) is 15.3. The number of nitrogens with one attached hydrogen (secondary N) is 1. The summed E-state index contributed by atoms with van der Waals surface area (Å²) in [6.07, 6.45) is 0. The lowest BCUT2D eigenvalue weighted by atomic mass is 10.3. The third-order valence-electron chi connectivity index (χ3n) is 1.92. The molecule has 0 saturated carbocycles. The minimum atomic E-state index is -1.15. The summed E-state index contributed by atoms with van der Waals surface area (Å²) in [6.45, 7) is 0. The van der Waals surface area contributed by atoms with Crippen molar-refractivity contribution in [3.63, 3.8) is 0 Å². The maximum atomic E-state index is 11.0. The third kappa shape index (κ3) is 2.24. The number of carbonyl (C=O) groups is 2. The van der Waals surface area contributed by atoms with Crippen LogP contribution in [0.15, 0.2) is 18.2 Å². The van der Waals surface area contributed by atoms with Crippen molar-refractivity contribution in [2.24, 2.45) is 0 Å². The molecule has 0 radical (unpaired) electrons. The van der Waals surface area contributed by atoms with Gasteiger partial charge >= 0.3 is 11.9 Å². The van der Waals surface area contributed by atoms with E-state index in [2.05, 4.69) is 15.3 Å². The molecule has 0 unspecified atom stereocenters. The molecule has 1 aromatic carbocycles. The second-order valence-corrected chi connectivity index (χ2v) is 3.41. The van der Waals surface area contributed by atoms with Gasteiger partial charge in [-0.2, -0.15) is 0 Å². The van der Waals surface area contributed by atoms with E-state index in [1.165, 1.54) is 13.2 Å². The lowest BCUT2D eigenvalue weighted by Gasteiger charge is -2.26. The van der Waals surface area contributed by atoms with Crippen LogP contribution in [0.1, 0.15) is 0 Å². The predicted octanol–water partition coefficient (Wildman–Crippen LogP) is 0.590. The maximum Gasteiger partial charge on any atom is 0.444 e. The van der Waals surface area contributed by atoms with Gasteiger partial charge in [0.1, 0.15) is 11.4 Å². The first kappa shape index (κ1) is 11.5. The summed E-state index contributed by atoms with van der Waals surface area (Å²) in [5.41, 5.74) is 2.41. The molecule has 17 heavy (non-hydrogen) atoms. The van der Waals surface area contributed by atoms with Crippen molar-refractivity contribution in [2.45, 2.75) is 0 Å². The minimum Gasteiger partial charge on any atom is -0.494 e. The number of anilines is 1. The Morgan fingerprint density at radius 2 is 2.12 bits per heavy atom. The van der Waals surface area contributed by atoms with E-state index in [4.69, 9.17) is 16.3 Å². The van der Waals surface area contributed by atoms with Crippen LogP contribution >= 0.6 is 11.6 Å². The number of benzene rings is 1. The van der Waals surface area contributed by atoms with E-state index in [0.29, 0.717) is 16.5 Å². The summed E-state index contributed by atoms with van der Waals surface area (Å²) in [6, 6.07) is 4.64. The number of hydrazine groups is 1. The number of carbonyl (C=O) groups excluding carboxylic acids is 2. The Morgan fingerprint density at radius 3 is 2.76 bits per heavy atom. The Bertz CT molecular complexity index is 478. The van der Waals surface area contributed by atoms with Gasteiger partial charge in [-0.3, -0.25) is 0 Å². The number of hydrogen-bond acceptors (Lipinski definition) is 7. The zero-order valence-corrected chi connectivity index (χ0v) is 9.35. The van der Waals surface area contributed by atoms with Gasteiger partial charge in [0.15, 0.2) is 0 Å². The van der Waals surface area contributed by atoms with Crippen LogP contribution in [0, 0.1) is 0 Å². The second-order valence-electron chi connectivity index (χ2n) is 2.97. The van der Waals surface area contributed by atoms with Gasteiger partial charge in [0.05, 0.1) is 7.11 Å². The van der Waals surface area contributed by atoms with Crippen molar-refractivity contribution >= 4 is 29.2 Å². The highest BCUT2D eigenvalue weighted by atomic mass is 35.5. The topological polar surface area (TPSA) is 77.1 Å². The Kier molecular flexibility index (Phi) is 3.03. The highest BCUT2D eigenvalue weighted by Crippen LogP contribution is 2.31. The molecule has 1 saturated heterocycles. The molecule has 1 aliphatic heterocycles. The molecular weight excluding hydrogens is 252 g/mol. The Hall–Kier alpha value is -1.99. The number of ether oxygens (including phenoxy) is 1. The Morgan fingerprint density at radius 1 is 1.35 bits per heavy atom. The van der Waals surface area contributed by atoms with Gasteiger partial charge in [0.25, 0.3) is 0 Å². The second kappa shape index (κ2) is 4.48. The molecular formula is C9H7ClN2O5. The lowest BCUT2D eigenvalue weighted by molar-refractivity contribution is -0.192. The average Bonchev–Trinajstić information content (AvgIpc) is 2.32. The molecule has 1 N–H and O–H groups in total. The van der Waals surface area contributed by atoms with Gasteiger partial charge in [0, 0.05) is 5.02 Å². The standard InChI is InChI=1S/C9H7ClN2O5/c1-15-7-3-2-5(10)4-6(7)12-11-16-8(13)9(14)17-12/h2-4,11H,1H3. The van der Waals surface area contributed by atoms with Crippen LogP contribution in [0.5, 0.6) is 5.75 Å². The van der Waals surface area contributed by atoms with Gasteiger partial charge in [-0.15, -0.1) is 0 Å². The fourth-order valence-electron chi connectivity index (χ4n) is 1.18. The van der Waals surface area contributed by atoms with E-state index in [1.807, 2.05) is 0 Å². The van der Waals surface area contributed by atoms with Gasteiger partial charge in [-0.05, 0) is 23.8 Å². The summed E-state index contributed by atoms with van der Waals surface area (Å²) in [4.78, 5) is 30.8.